The van der Waals surface area contributed by atoms with Crippen molar-refractivity contribution in [1.29, 1.82) is 0 Å². The zero-order valence-corrected chi connectivity index (χ0v) is 20.0. The van der Waals surface area contributed by atoms with Crippen LogP contribution in [0.3, 0.4) is 0 Å². The van der Waals surface area contributed by atoms with Crippen molar-refractivity contribution < 1.29 is 27.8 Å². The fraction of sp³-hybridized carbons (Fsp3) is 0.762. The number of nitrogens with zero attached hydrogens (tertiary/aromatic N) is 3. The molecule has 3 atom stereocenters. The second kappa shape index (κ2) is 9.56. The van der Waals surface area contributed by atoms with Gasteiger partial charge in [0.25, 0.3) is 5.92 Å². The molecule has 0 spiro atoms. The third kappa shape index (κ3) is 6.58. The summed E-state index contributed by atoms with van der Waals surface area (Å²) in [6.07, 6.45) is 0.271. The van der Waals surface area contributed by atoms with Crippen molar-refractivity contribution >= 4 is 28.5 Å². The topological polar surface area (TPSA) is 84.0 Å². The van der Waals surface area contributed by atoms with Gasteiger partial charge in [0.2, 0.25) is 5.91 Å². The van der Waals surface area contributed by atoms with Crippen molar-refractivity contribution in [2.75, 3.05) is 31.6 Å². The van der Waals surface area contributed by atoms with E-state index in [2.05, 4.69) is 15.2 Å². The van der Waals surface area contributed by atoms with Gasteiger partial charge in [-0.2, -0.15) is 0 Å². The number of ether oxygens (including phenoxy) is 2. The van der Waals surface area contributed by atoms with Crippen LogP contribution in [0, 0.1) is 0 Å². The molecular weight excluding hydrogens is 442 g/mol. The van der Waals surface area contributed by atoms with Crippen LogP contribution in [0.15, 0.2) is 6.20 Å². The molecule has 2 saturated heterocycles. The van der Waals surface area contributed by atoms with Crippen LogP contribution in [0.25, 0.3) is 0 Å². The number of amides is 2. The summed E-state index contributed by atoms with van der Waals surface area (Å²) < 4.78 is 39.4. The third-order valence-corrected chi connectivity index (χ3v) is 6.42. The Morgan fingerprint density at radius 2 is 2.16 bits per heavy atom. The van der Waals surface area contributed by atoms with Crippen LogP contribution in [0.2, 0.25) is 0 Å². The molecule has 2 aliphatic heterocycles. The van der Waals surface area contributed by atoms with E-state index in [1.54, 1.807) is 20.8 Å². The molecule has 3 heterocycles. The van der Waals surface area contributed by atoms with E-state index in [1.807, 2.05) is 13.8 Å². The van der Waals surface area contributed by atoms with E-state index < -0.39 is 36.6 Å². The Morgan fingerprint density at radius 3 is 2.84 bits per heavy atom. The molecular formula is C21H32F2N4O4S. The number of anilines is 1. The lowest BCUT2D eigenvalue weighted by Crippen LogP contribution is -2.54. The smallest absolute Gasteiger partial charge is 0.413 e. The summed E-state index contributed by atoms with van der Waals surface area (Å²) in [6, 6.07) is -0.519. The molecule has 2 fully saturated rings. The number of hydrogen-bond donors (Lipinski definition) is 1. The van der Waals surface area contributed by atoms with Gasteiger partial charge in [0.1, 0.15) is 5.60 Å². The molecule has 180 valence electrons. The van der Waals surface area contributed by atoms with E-state index in [4.69, 9.17) is 9.47 Å². The van der Waals surface area contributed by atoms with Crippen LogP contribution in [0.5, 0.6) is 0 Å². The van der Waals surface area contributed by atoms with Gasteiger partial charge in [0, 0.05) is 38.2 Å². The van der Waals surface area contributed by atoms with Gasteiger partial charge >= 0.3 is 6.09 Å². The molecule has 2 amide bonds. The van der Waals surface area contributed by atoms with Crippen LogP contribution in [-0.4, -0.2) is 76.7 Å². The number of thiazole rings is 1. The van der Waals surface area contributed by atoms with Crippen molar-refractivity contribution in [3.05, 3.63) is 11.1 Å². The first-order valence-electron chi connectivity index (χ1n) is 10.8. The van der Waals surface area contributed by atoms with E-state index in [0.717, 1.165) is 11.3 Å². The van der Waals surface area contributed by atoms with Crippen LogP contribution < -0.4 is 5.32 Å². The highest BCUT2D eigenvalue weighted by Gasteiger charge is 2.43. The van der Waals surface area contributed by atoms with Gasteiger partial charge in [-0.15, -0.1) is 0 Å². The van der Waals surface area contributed by atoms with Crippen molar-refractivity contribution in [3.63, 3.8) is 0 Å². The summed E-state index contributed by atoms with van der Waals surface area (Å²) in [7, 11) is 0. The standard InChI is InChI=1S/C21H32F2N4O4S/c1-13-11-30-14(2)9-26(13)10-15(27-12-21(22,23)7-6-17(27)28)16-8-24-18(32-16)25-19(29)31-20(3,4)5/h8,13-15H,6-7,9-12H2,1-5H3,(H,24,25,29)/t13-,14+,15?/m0/s1. The number of piperidine rings is 1. The number of halogens is 2. The summed E-state index contributed by atoms with van der Waals surface area (Å²) in [5.74, 6) is -3.23. The molecule has 1 unspecified atom stereocenters. The first-order chi connectivity index (χ1) is 14.8. The second-order valence-electron chi connectivity index (χ2n) is 9.53. The van der Waals surface area contributed by atoms with Crippen molar-refractivity contribution in [3.8, 4) is 0 Å². The van der Waals surface area contributed by atoms with E-state index in [9.17, 15) is 18.4 Å². The summed E-state index contributed by atoms with van der Waals surface area (Å²) in [5, 5.41) is 2.88. The lowest BCUT2D eigenvalue weighted by atomic mass is 10.0. The van der Waals surface area contributed by atoms with Gasteiger partial charge in [-0.1, -0.05) is 11.3 Å². The summed E-state index contributed by atoms with van der Waals surface area (Å²) in [6.45, 7) is 10.2. The van der Waals surface area contributed by atoms with E-state index in [1.165, 1.54) is 11.1 Å². The fourth-order valence-electron chi connectivity index (χ4n) is 3.81. The lowest BCUT2D eigenvalue weighted by Gasteiger charge is -2.43. The van der Waals surface area contributed by atoms with Crippen molar-refractivity contribution in [1.82, 2.24) is 14.8 Å². The highest BCUT2D eigenvalue weighted by Crippen LogP contribution is 2.37. The summed E-state index contributed by atoms with van der Waals surface area (Å²) in [4.78, 5) is 33.0. The average molecular weight is 475 g/mol. The van der Waals surface area contributed by atoms with Crippen molar-refractivity contribution in [2.45, 2.75) is 77.2 Å². The molecule has 0 saturated carbocycles. The minimum Gasteiger partial charge on any atom is -0.444 e. The molecule has 0 aliphatic carbocycles. The number of carbonyl (C=O) groups excluding carboxylic acids is 2. The molecule has 1 aromatic heterocycles. The van der Waals surface area contributed by atoms with Crippen LogP contribution in [0.1, 0.15) is 58.4 Å². The first kappa shape index (κ1) is 24.8. The Labute approximate surface area is 191 Å². The van der Waals surface area contributed by atoms with Crippen LogP contribution >= 0.6 is 11.3 Å². The maximum atomic E-state index is 14.2. The quantitative estimate of drug-likeness (QED) is 0.697. The Kier molecular flexibility index (Phi) is 7.41. The zero-order chi connectivity index (χ0) is 23.7. The number of hydrogen-bond acceptors (Lipinski definition) is 7. The average Bonchev–Trinajstić information content (AvgIpc) is 3.11. The molecule has 0 radical (unpaired) electrons. The monoisotopic (exact) mass is 474 g/mol. The molecule has 2 aliphatic rings. The normalized spacial score (nSPS) is 25.5. The summed E-state index contributed by atoms with van der Waals surface area (Å²) >= 11 is 1.16. The van der Waals surface area contributed by atoms with E-state index in [-0.39, 0.29) is 24.5 Å². The Hall–Kier alpha value is -1.85. The number of nitrogens with one attached hydrogen (secondary N) is 1. The number of likely N-dealkylation sites (tertiary alicyclic amines) is 1. The molecule has 11 heteroatoms. The molecule has 3 rings (SSSR count). The zero-order valence-electron chi connectivity index (χ0n) is 19.2. The number of morpholine rings is 1. The van der Waals surface area contributed by atoms with Gasteiger partial charge in [-0.05, 0) is 34.6 Å². The minimum absolute atomic E-state index is 0.0104. The first-order valence-corrected chi connectivity index (χ1v) is 11.6. The summed E-state index contributed by atoms with van der Waals surface area (Å²) in [5.41, 5.74) is -0.665. The van der Waals surface area contributed by atoms with Gasteiger partial charge < -0.3 is 14.4 Å². The number of rotatable bonds is 5. The SMILES string of the molecule is C[C@@H]1CN(CC(c2cnc(NC(=O)OC(C)(C)C)s2)N2CC(F)(F)CCC2=O)[C@@H](C)CO1. The number of aromatic nitrogens is 1. The fourth-order valence-corrected chi connectivity index (χ4v) is 4.72. The lowest BCUT2D eigenvalue weighted by molar-refractivity contribution is -0.153. The predicted octanol–water partition coefficient (Wildman–Crippen LogP) is 3.90. The Morgan fingerprint density at radius 1 is 1.44 bits per heavy atom. The molecule has 8 nitrogen and oxygen atoms in total. The number of carbonyl (C=O) groups is 2. The van der Waals surface area contributed by atoms with Gasteiger partial charge in [-0.3, -0.25) is 15.0 Å². The Balaban J connectivity index is 1.83. The van der Waals surface area contributed by atoms with Gasteiger partial charge in [0.05, 0.1) is 30.2 Å². The third-order valence-electron chi connectivity index (χ3n) is 5.41. The van der Waals surface area contributed by atoms with E-state index in [0.29, 0.717) is 29.7 Å². The van der Waals surface area contributed by atoms with Gasteiger partial charge in [-0.25, -0.2) is 18.6 Å². The predicted molar refractivity (Wildman–Crippen MR) is 117 cm³/mol. The highest BCUT2D eigenvalue weighted by molar-refractivity contribution is 7.15. The maximum absolute atomic E-state index is 14.2. The molecule has 1 aromatic rings. The van der Waals surface area contributed by atoms with Crippen LogP contribution in [-0.2, 0) is 14.3 Å². The highest BCUT2D eigenvalue weighted by atomic mass is 32.1. The minimum atomic E-state index is -2.93. The number of alkyl halides is 2. The molecule has 0 aromatic carbocycles. The molecule has 1 N–H and O–H groups in total. The van der Waals surface area contributed by atoms with Gasteiger partial charge in [0.15, 0.2) is 5.13 Å². The van der Waals surface area contributed by atoms with Crippen LogP contribution in [0.4, 0.5) is 18.7 Å². The molecule has 32 heavy (non-hydrogen) atoms. The molecule has 0 bridgehead atoms. The second-order valence-corrected chi connectivity index (χ2v) is 10.6. The largest absolute Gasteiger partial charge is 0.444 e. The maximum Gasteiger partial charge on any atom is 0.413 e. The van der Waals surface area contributed by atoms with Crippen molar-refractivity contribution in [2.24, 2.45) is 0 Å². The Bertz CT molecular complexity index is 829. The van der Waals surface area contributed by atoms with E-state index >= 15 is 0 Å².